The standard InChI is InChI=1S/C17H18FNO.ClH/c1-19-11-14-7-2-4-8-15(14)17(20,12-19)10-13-6-3-5-9-16(13)18;/h2-9,20H,10-12H2,1H3;1H. The van der Waals surface area contributed by atoms with Crippen LogP contribution in [-0.4, -0.2) is 23.6 Å². The number of aliphatic hydroxyl groups is 1. The van der Waals surface area contributed by atoms with Gasteiger partial charge >= 0.3 is 0 Å². The number of β-amino-alcohol motifs (C(OH)–C–C–N with tert-alkyl or cyclic N) is 1. The summed E-state index contributed by atoms with van der Waals surface area (Å²) < 4.78 is 13.9. The maximum absolute atomic E-state index is 13.9. The zero-order valence-corrected chi connectivity index (χ0v) is 12.7. The fraction of sp³-hybridized carbons (Fsp3) is 0.294. The van der Waals surface area contributed by atoms with Gasteiger partial charge in [0.1, 0.15) is 11.4 Å². The quantitative estimate of drug-likeness (QED) is 0.921. The largest absolute Gasteiger partial charge is 0.383 e. The molecular formula is C17H19ClFNO. The lowest BCUT2D eigenvalue weighted by Crippen LogP contribution is -2.45. The van der Waals surface area contributed by atoms with E-state index in [1.165, 1.54) is 6.07 Å². The lowest BCUT2D eigenvalue weighted by atomic mass is 9.81. The van der Waals surface area contributed by atoms with E-state index < -0.39 is 5.60 Å². The molecule has 2 aromatic carbocycles. The smallest absolute Gasteiger partial charge is 0.126 e. The highest BCUT2D eigenvalue weighted by Crippen LogP contribution is 2.34. The molecule has 1 aliphatic heterocycles. The maximum atomic E-state index is 13.9. The summed E-state index contributed by atoms with van der Waals surface area (Å²) in [4.78, 5) is 2.07. The number of rotatable bonds is 2. The van der Waals surface area contributed by atoms with E-state index in [4.69, 9.17) is 0 Å². The molecule has 0 radical (unpaired) electrons. The van der Waals surface area contributed by atoms with Crippen LogP contribution in [0.5, 0.6) is 0 Å². The summed E-state index contributed by atoms with van der Waals surface area (Å²) in [7, 11) is 1.97. The number of nitrogens with zero attached hydrogens (tertiary/aromatic N) is 1. The van der Waals surface area contributed by atoms with E-state index in [0.29, 0.717) is 18.5 Å². The molecule has 0 fully saturated rings. The summed E-state index contributed by atoms with van der Waals surface area (Å²) in [6, 6.07) is 14.5. The van der Waals surface area contributed by atoms with Crippen LogP contribution in [0, 0.1) is 5.82 Å². The average molecular weight is 308 g/mol. The normalized spacial score (nSPS) is 21.5. The average Bonchev–Trinajstić information content (AvgIpc) is 2.41. The minimum Gasteiger partial charge on any atom is -0.383 e. The second-order valence-corrected chi connectivity index (χ2v) is 5.63. The monoisotopic (exact) mass is 307 g/mol. The zero-order chi connectivity index (χ0) is 14.2. The van der Waals surface area contributed by atoms with Crippen molar-refractivity contribution >= 4 is 12.4 Å². The van der Waals surface area contributed by atoms with Crippen molar-refractivity contribution in [2.45, 2.75) is 18.6 Å². The molecule has 1 N–H and O–H groups in total. The van der Waals surface area contributed by atoms with Gasteiger partial charge in [0.25, 0.3) is 0 Å². The summed E-state index contributed by atoms with van der Waals surface area (Å²) in [5.74, 6) is -0.258. The van der Waals surface area contributed by atoms with Gasteiger partial charge in [0.15, 0.2) is 0 Å². The second kappa shape index (κ2) is 6.14. The zero-order valence-electron chi connectivity index (χ0n) is 11.9. The molecule has 2 nitrogen and oxygen atoms in total. The third-order valence-corrected chi connectivity index (χ3v) is 3.93. The number of halogens is 2. The van der Waals surface area contributed by atoms with Gasteiger partial charge in [-0.2, -0.15) is 0 Å². The molecule has 4 heteroatoms. The number of hydrogen-bond acceptors (Lipinski definition) is 2. The van der Waals surface area contributed by atoms with Crippen LogP contribution in [0.15, 0.2) is 48.5 Å². The topological polar surface area (TPSA) is 23.5 Å². The van der Waals surface area contributed by atoms with Crippen molar-refractivity contribution in [2.24, 2.45) is 0 Å². The maximum Gasteiger partial charge on any atom is 0.126 e. The van der Waals surface area contributed by atoms with Crippen molar-refractivity contribution in [1.82, 2.24) is 4.90 Å². The molecule has 3 rings (SSSR count). The van der Waals surface area contributed by atoms with Crippen molar-refractivity contribution in [3.63, 3.8) is 0 Å². The first-order valence-corrected chi connectivity index (χ1v) is 6.81. The molecule has 21 heavy (non-hydrogen) atoms. The van der Waals surface area contributed by atoms with Crippen LogP contribution in [0.25, 0.3) is 0 Å². The Bertz CT molecular complexity index is 634. The Kier molecular flexibility index (Phi) is 4.67. The number of benzene rings is 2. The van der Waals surface area contributed by atoms with E-state index in [2.05, 4.69) is 4.90 Å². The Morgan fingerprint density at radius 2 is 1.81 bits per heavy atom. The Hall–Kier alpha value is -1.42. The van der Waals surface area contributed by atoms with Crippen LogP contribution in [0.4, 0.5) is 4.39 Å². The fourth-order valence-corrected chi connectivity index (χ4v) is 3.10. The van der Waals surface area contributed by atoms with Gasteiger partial charge in [-0.3, -0.25) is 4.90 Å². The minimum absolute atomic E-state index is 0. The van der Waals surface area contributed by atoms with Gasteiger partial charge in [-0.1, -0.05) is 42.5 Å². The van der Waals surface area contributed by atoms with Crippen molar-refractivity contribution in [2.75, 3.05) is 13.6 Å². The Morgan fingerprint density at radius 3 is 2.57 bits per heavy atom. The van der Waals surface area contributed by atoms with E-state index in [9.17, 15) is 9.50 Å². The van der Waals surface area contributed by atoms with Crippen LogP contribution in [0.1, 0.15) is 16.7 Å². The third kappa shape index (κ3) is 3.10. The SMILES string of the molecule is CN1Cc2ccccc2C(O)(Cc2ccccc2F)C1.Cl. The van der Waals surface area contributed by atoms with E-state index in [1.54, 1.807) is 18.2 Å². The van der Waals surface area contributed by atoms with Gasteiger partial charge in [-0.15, -0.1) is 12.4 Å². The van der Waals surface area contributed by atoms with Crippen LogP contribution < -0.4 is 0 Å². The molecule has 0 aromatic heterocycles. The van der Waals surface area contributed by atoms with E-state index >= 15 is 0 Å². The molecule has 1 aliphatic rings. The number of fused-ring (bicyclic) bond motifs is 1. The highest BCUT2D eigenvalue weighted by Gasteiger charge is 2.37. The highest BCUT2D eigenvalue weighted by molar-refractivity contribution is 5.85. The Morgan fingerprint density at radius 1 is 1.14 bits per heavy atom. The van der Waals surface area contributed by atoms with Crippen molar-refractivity contribution in [3.8, 4) is 0 Å². The minimum atomic E-state index is -1.04. The number of hydrogen-bond donors (Lipinski definition) is 1. The lowest BCUT2D eigenvalue weighted by molar-refractivity contribution is -0.00905. The van der Waals surface area contributed by atoms with Crippen LogP contribution in [-0.2, 0) is 18.6 Å². The predicted octanol–water partition coefficient (Wildman–Crippen LogP) is 3.12. The van der Waals surface area contributed by atoms with Gasteiger partial charge in [0.2, 0.25) is 0 Å². The van der Waals surface area contributed by atoms with Gasteiger partial charge in [0, 0.05) is 19.5 Å². The first-order valence-electron chi connectivity index (χ1n) is 6.81. The molecule has 0 saturated carbocycles. The molecule has 1 heterocycles. The molecule has 112 valence electrons. The van der Waals surface area contributed by atoms with Crippen LogP contribution in [0.3, 0.4) is 0 Å². The van der Waals surface area contributed by atoms with Gasteiger partial charge in [0.05, 0.1) is 0 Å². The molecular weight excluding hydrogens is 289 g/mol. The summed E-state index contributed by atoms with van der Waals surface area (Å²) in [5, 5.41) is 11.1. The third-order valence-electron chi connectivity index (χ3n) is 3.93. The molecule has 0 spiro atoms. The van der Waals surface area contributed by atoms with Gasteiger partial charge in [-0.05, 0) is 29.8 Å². The Balaban J connectivity index is 0.00000161. The highest BCUT2D eigenvalue weighted by atomic mass is 35.5. The second-order valence-electron chi connectivity index (χ2n) is 5.63. The van der Waals surface area contributed by atoms with Crippen molar-refractivity contribution in [3.05, 3.63) is 71.0 Å². The Labute approximate surface area is 130 Å². The van der Waals surface area contributed by atoms with E-state index in [0.717, 1.165) is 17.7 Å². The molecule has 0 saturated heterocycles. The van der Waals surface area contributed by atoms with E-state index in [-0.39, 0.29) is 18.2 Å². The summed E-state index contributed by atoms with van der Waals surface area (Å²) in [6.07, 6.45) is 0.293. The fourth-order valence-electron chi connectivity index (χ4n) is 3.10. The molecule has 1 unspecified atom stereocenters. The molecule has 2 aromatic rings. The molecule has 0 amide bonds. The van der Waals surface area contributed by atoms with Gasteiger partial charge < -0.3 is 5.11 Å². The van der Waals surface area contributed by atoms with E-state index in [1.807, 2.05) is 31.3 Å². The van der Waals surface area contributed by atoms with Crippen molar-refractivity contribution < 1.29 is 9.50 Å². The number of likely N-dealkylation sites (N-methyl/N-ethyl adjacent to an activating group) is 1. The summed E-state index contributed by atoms with van der Waals surface area (Å²) >= 11 is 0. The molecule has 1 atom stereocenters. The predicted molar refractivity (Wildman–Crippen MR) is 84.0 cm³/mol. The first kappa shape index (κ1) is 16.0. The molecule has 0 aliphatic carbocycles. The van der Waals surface area contributed by atoms with Gasteiger partial charge in [-0.25, -0.2) is 4.39 Å². The lowest BCUT2D eigenvalue weighted by Gasteiger charge is -2.39. The first-order chi connectivity index (χ1) is 9.58. The van der Waals surface area contributed by atoms with Crippen molar-refractivity contribution in [1.29, 1.82) is 0 Å². The van der Waals surface area contributed by atoms with Crippen LogP contribution in [0.2, 0.25) is 0 Å². The van der Waals surface area contributed by atoms with Crippen LogP contribution >= 0.6 is 12.4 Å². The summed E-state index contributed by atoms with van der Waals surface area (Å²) in [5.41, 5.74) is 1.55. The summed E-state index contributed by atoms with van der Waals surface area (Å²) in [6.45, 7) is 1.33. The molecule has 0 bridgehead atoms.